The van der Waals surface area contributed by atoms with Gasteiger partial charge in [0.1, 0.15) is 17.4 Å². The molecule has 11 heteroatoms. The molecule has 33 heavy (non-hydrogen) atoms. The topological polar surface area (TPSA) is 119 Å². The molecule has 1 aromatic heterocycles. The Kier molecular flexibility index (Phi) is 6.25. The van der Waals surface area contributed by atoms with Crippen LogP contribution < -0.4 is 9.64 Å². The number of non-ortho nitro benzene ring substituents is 1. The van der Waals surface area contributed by atoms with E-state index in [-0.39, 0.29) is 23.7 Å². The lowest BCUT2D eigenvalue weighted by atomic mass is 10.2. The minimum atomic E-state index is -3.84. The summed E-state index contributed by atoms with van der Waals surface area (Å²) in [6, 6.07) is 14.5. The van der Waals surface area contributed by atoms with Crippen molar-refractivity contribution in [3.05, 3.63) is 76.1 Å². The molecule has 1 aliphatic heterocycles. The van der Waals surface area contributed by atoms with Gasteiger partial charge in [-0.15, -0.1) is 0 Å². The van der Waals surface area contributed by atoms with Crippen LogP contribution in [-0.4, -0.2) is 53.8 Å². The molecule has 172 valence electrons. The van der Waals surface area contributed by atoms with Crippen molar-refractivity contribution in [2.24, 2.45) is 0 Å². The summed E-state index contributed by atoms with van der Waals surface area (Å²) < 4.78 is 33.2. The highest BCUT2D eigenvalue weighted by Gasteiger charge is 2.30. The van der Waals surface area contributed by atoms with E-state index >= 15 is 0 Å². The van der Waals surface area contributed by atoms with Gasteiger partial charge in [-0.1, -0.05) is 23.8 Å². The number of piperazine rings is 1. The largest absolute Gasteiger partial charge is 0.439 e. The maximum Gasteiger partial charge on any atom is 0.270 e. The Morgan fingerprint density at radius 2 is 1.67 bits per heavy atom. The first-order valence-electron chi connectivity index (χ1n) is 10.3. The van der Waals surface area contributed by atoms with Crippen LogP contribution in [0.4, 0.5) is 11.5 Å². The lowest BCUT2D eigenvalue weighted by molar-refractivity contribution is -0.385. The van der Waals surface area contributed by atoms with Gasteiger partial charge in [0.05, 0.1) is 9.82 Å². The van der Waals surface area contributed by atoms with E-state index < -0.39 is 14.9 Å². The number of anilines is 1. The zero-order chi connectivity index (χ0) is 23.6. The number of nitro groups is 1. The molecule has 0 atom stereocenters. The highest BCUT2D eigenvalue weighted by atomic mass is 32.2. The van der Waals surface area contributed by atoms with Gasteiger partial charge in [0.2, 0.25) is 15.9 Å². The zero-order valence-corrected chi connectivity index (χ0v) is 19.0. The lowest BCUT2D eigenvalue weighted by Crippen LogP contribution is -2.49. The van der Waals surface area contributed by atoms with Gasteiger partial charge in [-0.3, -0.25) is 10.1 Å². The second-order valence-corrected chi connectivity index (χ2v) is 9.61. The molecule has 0 N–H and O–H groups in total. The number of ether oxygens (including phenoxy) is 1. The summed E-state index contributed by atoms with van der Waals surface area (Å²) in [5.41, 5.74) is 0.868. The highest BCUT2D eigenvalue weighted by molar-refractivity contribution is 7.89. The minimum absolute atomic E-state index is 0.0863. The SMILES string of the molecule is Cc1ccc(Oc2cc(N3CCN(S(=O)(=O)c4cccc([N+](=O)[O-])c4)CC3)nc(C)n2)cc1. The van der Waals surface area contributed by atoms with Crippen molar-refractivity contribution < 1.29 is 18.1 Å². The summed E-state index contributed by atoms with van der Waals surface area (Å²) in [4.78, 5) is 21.1. The van der Waals surface area contributed by atoms with Gasteiger partial charge >= 0.3 is 0 Å². The number of aryl methyl sites for hydroxylation is 2. The molecule has 0 spiro atoms. The quantitative estimate of drug-likeness (QED) is 0.398. The third-order valence-corrected chi connectivity index (χ3v) is 7.17. The molecule has 0 saturated carbocycles. The number of sulfonamides is 1. The molecule has 1 saturated heterocycles. The van der Waals surface area contributed by atoms with Gasteiger partial charge in [0.25, 0.3) is 5.69 Å². The van der Waals surface area contributed by atoms with E-state index in [0.29, 0.717) is 36.4 Å². The Bertz CT molecular complexity index is 1270. The molecule has 0 radical (unpaired) electrons. The molecular weight excluding hydrogens is 446 g/mol. The fourth-order valence-corrected chi connectivity index (χ4v) is 4.99. The number of rotatable bonds is 6. The molecule has 2 heterocycles. The van der Waals surface area contributed by atoms with Gasteiger partial charge in [-0.25, -0.2) is 13.4 Å². The van der Waals surface area contributed by atoms with Crippen molar-refractivity contribution in [1.82, 2.24) is 14.3 Å². The molecule has 1 aliphatic rings. The zero-order valence-electron chi connectivity index (χ0n) is 18.2. The van der Waals surface area contributed by atoms with Crippen molar-refractivity contribution in [2.45, 2.75) is 18.7 Å². The summed E-state index contributed by atoms with van der Waals surface area (Å²) in [6.07, 6.45) is 0. The Balaban J connectivity index is 1.47. The molecule has 2 aromatic carbocycles. The Morgan fingerprint density at radius 3 is 2.33 bits per heavy atom. The van der Waals surface area contributed by atoms with E-state index in [2.05, 4.69) is 9.97 Å². The fourth-order valence-electron chi connectivity index (χ4n) is 3.53. The van der Waals surface area contributed by atoms with Crippen LogP contribution in [0.1, 0.15) is 11.4 Å². The molecule has 0 amide bonds. The second kappa shape index (κ2) is 9.12. The predicted octanol–water partition coefficient (Wildman–Crippen LogP) is 3.30. The van der Waals surface area contributed by atoms with E-state index in [1.54, 1.807) is 13.0 Å². The number of hydrogen-bond donors (Lipinski definition) is 0. The van der Waals surface area contributed by atoms with Gasteiger partial charge in [-0.05, 0) is 32.0 Å². The van der Waals surface area contributed by atoms with Crippen molar-refractivity contribution in [1.29, 1.82) is 0 Å². The summed E-state index contributed by atoms with van der Waals surface area (Å²) in [5, 5.41) is 11.0. The monoisotopic (exact) mass is 469 g/mol. The summed E-state index contributed by atoms with van der Waals surface area (Å²) >= 11 is 0. The van der Waals surface area contributed by atoms with Crippen LogP contribution in [0.3, 0.4) is 0 Å². The average Bonchev–Trinajstić information content (AvgIpc) is 2.80. The van der Waals surface area contributed by atoms with Crippen LogP contribution in [-0.2, 0) is 10.0 Å². The number of hydrogen-bond acceptors (Lipinski definition) is 8. The first-order valence-corrected chi connectivity index (χ1v) is 11.8. The number of benzene rings is 2. The van der Waals surface area contributed by atoms with Crippen molar-refractivity contribution >= 4 is 21.5 Å². The molecule has 0 bridgehead atoms. The maximum absolute atomic E-state index is 13.0. The molecular formula is C22H23N5O5S. The van der Waals surface area contributed by atoms with E-state index in [1.165, 1.54) is 22.5 Å². The van der Waals surface area contributed by atoms with Crippen LogP contribution in [0, 0.1) is 24.0 Å². The van der Waals surface area contributed by atoms with Gasteiger partial charge in [0, 0.05) is 44.4 Å². The minimum Gasteiger partial charge on any atom is -0.439 e. The molecule has 4 rings (SSSR count). The van der Waals surface area contributed by atoms with Crippen molar-refractivity contribution in [3.8, 4) is 11.6 Å². The van der Waals surface area contributed by atoms with E-state index in [1.807, 2.05) is 36.1 Å². The molecule has 0 unspecified atom stereocenters. The van der Waals surface area contributed by atoms with Gasteiger partial charge < -0.3 is 9.64 Å². The molecule has 10 nitrogen and oxygen atoms in total. The van der Waals surface area contributed by atoms with E-state index in [9.17, 15) is 18.5 Å². The normalized spacial score (nSPS) is 14.8. The third kappa shape index (κ3) is 5.10. The maximum atomic E-state index is 13.0. The van der Waals surface area contributed by atoms with Crippen LogP contribution in [0.15, 0.2) is 59.5 Å². The van der Waals surface area contributed by atoms with Crippen LogP contribution in [0.2, 0.25) is 0 Å². The van der Waals surface area contributed by atoms with E-state index in [4.69, 9.17) is 4.74 Å². The second-order valence-electron chi connectivity index (χ2n) is 7.67. The highest BCUT2D eigenvalue weighted by Crippen LogP contribution is 2.26. The van der Waals surface area contributed by atoms with Gasteiger partial charge in [0.15, 0.2) is 0 Å². The predicted molar refractivity (Wildman–Crippen MR) is 122 cm³/mol. The van der Waals surface area contributed by atoms with Crippen LogP contribution in [0.5, 0.6) is 11.6 Å². The smallest absolute Gasteiger partial charge is 0.270 e. The van der Waals surface area contributed by atoms with Crippen LogP contribution in [0.25, 0.3) is 0 Å². The summed E-state index contributed by atoms with van der Waals surface area (Å²) in [7, 11) is -3.84. The Labute approximate surface area is 191 Å². The van der Waals surface area contributed by atoms with Crippen LogP contribution >= 0.6 is 0 Å². The number of aromatic nitrogens is 2. The summed E-state index contributed by atoms with van der Waals surface area (Å²) in [6.45, 7) is 5.04. The average molecular weight is 470 g/mol. The standard InChI is InChI=1S/C22H23N5O5S/c1-16-6-8-19(9-7-16)32-22-15-21(23-17(2)24-22)25-10-12-26(13-11-25)33(30,31)20-5-3-4-18(14-20)27(28)29/h3-9,14-15H,10-13H2,1-2H3. The molecule has 1 fully saturated rings. The number of nitrogens with zero attached hydrogens (tertiary/aromatic N) is 5. The molecule has 0 aliphatic carbocycles. The third-order valence-electron chi connectivity index (χ3n) is 5.27. The van der Waals surface area contributed by atoms with Crippen molar-refractivity contribution in [2.75, 3.05) is 31.1 Å². The van der Waals surface area contributed by atoms with Gasteiger partial charge in [-0.2, -0.15) is 9.29 Å². The lowest BCUT2D eigenvalue weighted by Gasteiger charge is -2.34. The number of nitro benzene ring substituents is 1. The Morgan fingerprint density at radius 1 is 0.970 bits per heavy atom. The van der Waals surface area contributed by atoms with Crippen molar-refractivity contribution in [3.63, 3.8) is 0 Å². The summed E-state index contributed by atoms with van der Waals surface area (Å²) in [5.74, 6) is 2.27. The first-order chi connectivity index (χ1) is 15.7. The Hall–Kier alpha value is -3.57. The first kappa shape index (κ1) is 22.6. The fraction of sp³-hybridized carbons (Fsp3) is 0.273. The van der Waals surface area contributed by atoms with E-state index in [0.717, 1.165) is 11.6 Å². The molecule has 3 aromatic rings.